The zero-order valence-electron chi connectivity index (χ0n) is 14.1. The van der Waals surface area contributed by atoms with Crippen LogP contribution in [0.25, 0.3) is 0 Å². The molecule has 23 heavy (non-hydrogen) atoms. The van der Waals surface area contributed by atoms with Crippen molar-refractivity contribution in [2.24, 2.45) is 7.05 Å². The molecule has 0 saturated carbocycles. The molecule has 2 aromatic rings. The van der Waals surface area contributed by atoms with Gasteiger partial charge in [-0.25, -0.2) is 4.68 Å². The van der Waals surface area contributed by atoms with Gasteiger partial charge in [-0.05, 0) is 32.6 Å². The van der Waals surface area contributed by atoms with Crippen molar-refractivity contribution in [3.05, 3.63) is 29.5 Å². The fourth-order valence-corrected chi connectivity index (χ4v) is 3.40. The lowest BCUT2D eigenvalue weighted by Gasteiger charge is -2.19. The zero-order chi connectivity index (χ0) is 16.8. The quantitative estimate of drug-likeness (QED) is 0.673. The minimum absolute atomic E-state index is 0.146. The molecule has 2 rings (SSSR count). The van der Waals surface area contributed by atoms with Crippen molar-refractivity contribution in [3.8, 4) is 0 Å². The molecule has 2 N–H and O–H groups in total. The number of furan rings is 1. The maximum absolute atomic E-state index is 9.05. The number of aliphatic hydroxyl groups excluding tert-OH is 1. The first-order valence-electron chi connectivity index (χ1n) is 7.55. The molecule has 7 nitrogen and oxygen atoms in total. The zero-order valence-corrected chi connectivity index (χ0v) is 14.9. The van der Waals surface area contributed by atoms with Crippen molar-refractivity contribution in [2.75, 3.05) is 38.3 Å². The Kier molecular flexibility index (Phi) is 6.49. The smallest absolute Gasteiger partial charge is 0.221 e. The van der Waals surface area contributed by atoms with E-state index < -0.39 is 0 Å². The Bertz CT molecular complexity index is 611. The number of hydrogen-bond acceptors (Lipinski definition) is 7. The van der Waals surface area contributed by atoms with E-state index in [9.17, 15) is 0 Å². The average Bonchev–Trinajstić information content (AvgIpc) is 3.08. The molecule has 0 radical (unpaired) electrons. The van der Waals surface area contributed by atoms with Crippen LogP contribution in [0.3, 0.4) is 0 Å². The van der Waals surface area contributed by atoms with Gasteiger partial charge in [-0.15, -0.1) is 11.8 Å². The van der Waals surface area contributed by atoms with Gasteiger partial charge in [0.05, 0.1) is 11.5 Å². The van der Waals surface area contributed by atoms with Gasteiger partial charge in [0.2, 0.25) is 5.95 Å². The summed E-state index contributed by atoms with van der Waals surface area (Å²) in [4.78, 5) is 6.38. The summed E-state index contributed by atoms with van der Waals surface area (Å²) in [6, 6.07) is 2.10. The third-order valence-corrected chi connectivity index (χ3v) is 4.48. The summed E-state index contributed by atoms with van der Waals surface area (Å²) in [6.45, 7) is 3.59. The molecule has 0 saturated heterocycles. The fraction of sp³-hybridized carbons (Fsp3) is 0.600. The lowest BCUT2D eigenvalue weighted by molar-refractivity contribution is 0.271. The predicted octanol–water partition coefficient (Wildman–Crippen LogP) is 1.66. The normalized spacial score (nSPS) is 12.8. The van der Waals surface area contributed by atoms with Crippen LogP contribution in [0.1, 0.15) is 22.4 Å². The second-order valence-corrected chi connectivity index (χ2v) is 7.02. The number of rotatable bonds is 9. The first-order valence-corrected chi connectivity index (χ1v) is 8.60. The number of anilines is 1. The molecule has 1 unspecified atom stereocenters. The van der Waals surface area contributed by atoms with Crippen molar-refractivity contribution in [1.82, 2.24) is 19.7 Å². The molecule has 2 heterocycles. The molecular weight excluding hydrogens is 314 g/mol. The number of nitrogens with zero attached hydrogens (tertiary/aromatic N) is 4. The molecular formula is C15H25N5O2S. The summed E-state index contributed by atoms with van der Waals surface area (Å²) in [7, 11) is 5.94. The summed E-state index contributed by atoms with van der Waals surface area (Å²) in [5.41, 5.74) is 1.15. The van der Waals surface area contributed by atoms with Gasteiger partial charge in [0, 0.05) is 25.9 Å². The Morgan fingerprint density at radius 1 is 1.48 bits per heavy atom. The van der Waals surface area contributed by atoms with Crippen molar-refractivity contribution in [2.45, 2.75) is 18.8 Å². The first kappa shape index (κ1) is 17.8. The molecule has 0 aliphatic heterocycles. The lowest BCUT2D eigenvalue weighted by Crippen LogP contribution is -2.19. The van der Waals surface area contributed by atoms with Gasteiger partial charge in [-0.3, -0.25) is 0 Å². The molecule has 1 atom stereocenters. The van der Waals surface area contributed by atoms with Crippen LogP contribution in [0.4, 0.5) is 5.95 Å². The number of aliphatic hydroxyl groups is 1. The van der Waals surface area contributed by atoms with Gasteiger partial charge in [-0.2, -0.15) is 10.1 Å². The molecule has 128 valence electrons. The van der Waals surface area contributed by atoms with Crippen LogP contribution in [0.15, 0.2) is 16.7 Å². The summed E-state index contributed by atoms with van der Waals surface area (Å²) < 4.78 is 7.30. The van der Waals surface area contributed by atoms with Crippen LogP contribution >= 0.6 is 11.8 Å². The van der Waals surface area contributed by atoms with E-state index in [0.29, 0.717) is 17.0 Å². The Morgan fingerprint density at radius 2 is 2.26 bits per heavy atom. The fourth-order valence-electron chi connectivity index (χ4n) is 2.20. The number of thioether (sulfide) groups is 1. The van der Waals surface area contributed by atoms with E-state index in [-0.39, 0.29) is 6.61 Å². The van der Waals surface area contributed by atoms with Crippen molar-refractivity contribution in [1.29, 1.82) is 0 Å². The molecule has 0 bridgehead atoms. The largest absolute Gasteiger partial charge is 0.468 e. The third kappa shape index (κ3) is 5.26. The van der Waals surface area contributed by atoms with E-state index in [2.05, 4.69) is 40.5 Å². The van der Waals surface area contributed by atoms with Crippen molar-refractivity contribution in [3.63, 3.8) is 0 Å². The standard InChI is InChI=1S/C15H25N5O2S/c1-11-7-12(22-10-11)13(8-19(2)3)23-6-5-16-15-17-14(9-21)18-20(15)4/h7,10,13,21H,5-6,8-9H2,1-4H3,(H,16,17,18). The third-order valence-electron chi connectivity index (χ3n) is 3.25. The van der Waals surface area contributed by atoms with Gasteiger partial charge in [-0.1, -0.05) is 0 Å². The summed E-state index contributed by atoms with van der Waals surface area (Å²) in [6.07, 6.45) is 1.80. The van der Waals surface area contributed by atoms with Crippen LogP contribution in [0, 0.1) is 6.92 Å². The van der Waals surface area contributed by atoms with Crippen LogP contribution < -0.4 is 5.32 Å². The molecule has 0 aromatic carbocycles. The maximum Gasteiger partial charge on any atom is 0.221 e. The number of nitrogens with one attached hydrogen (secondary N) is 1. The number of aromatic nitrogens is 3. The molecule has 0 aliphatic carbocycles. The highest BCUT2D eigenvalue weighted by Gasteiger charge is 2.17. The van der Waals surface area contributed by atoms with E-state index in [4.69, 9.17) is 9.52 Å². The summed E-state index contributed by atoms with van der Waals surface area (Å²) in [5, 5.41) is 16.7. The SMILES string of the molecule is Cc1coc(C(CN(C)C)SCCNc2nc(CO)nn2C)c1. The Morgan fingerprint density at radius 3 is 2.83 bits per heavy atom. The van der Waals surface area contributed by atoms with E-state index in [1.165, 1.54) is 0 Å². The van der Waals surface area contributed by atoms with Gasteiger partial charge in [0.15, 0.2) is 5.82 Å². The first-order chi connectivity index (χ1) is 11.0. The lowest BCUT2D eigenvalue weighted by atomic mass is 10.2. The molecule has 8 heteroatoms. The van der Waals surface area contributed by atoms with Gasteiger partial charge < -0.3 is 19.7 Å². The topological polar surface area (TPSA) is 79.3 Å². The highest BCUT2D eigenvalue weighted by Crippen LogP contribution is 2.30. The van der Waals surface area contributed by atoms with E-state index >= 15 is 0 Å². The Labute approximate surface area is 141 Å². The van der Waals surface area contributed by atoms with Gasteiger partial charge >= 0.3 is 0 Å². The highest BCUT2D eigenvalue weighted by molar-refractivity contribution is 7.99. The summed E-state index contributed by atoms with van der Waals surface area (Å²) in [5.74, 6) is 3.04. The van der Waals surface area contributed by atoms with Crippen molar-refractivity contribution >= 4 is 17.7 Å². The van der Waals surface area contributed by atoms with Crippen molar-refractivity contribution < 1.29 is 9.52 Å². The summed E-state index contributed by atoms with van der Waals surface area (Å²) >= 11 is 1.85. The molecule has 2 aromatic heterocycles. The minimum Gasteiger partial charge on any atom is -0.468 e. The molecule has 0 aliphatic rings. The van der Waals surface area contributed by atoms with E-state index in [0.717, 1.165) is 30.2 Å². The minimum atomic E-state index is -0.146. The molecule has 0 fully saturated rings. The number of aryl methyl sites for hydroxylation is 2. The Balaban J connectivity index is 1.85. The van der Waals surface area contributed by atoms with E-state index in [1.54, 1.807) is 10.9 Å². The van der Waals surface area contributed by atoms with E-state index in [1.807, 2.05) is 25.7 Å². The average molecular weight is 339 g/mol. The molecule has 0 amide bonds. The number of likely N-dealkylation sites (N-methyl/N-ethyl adjacent to an activating group) is 1. The second kappa shape index (κ2) is 8.37. The van der Waals surface area contributed by atoms with Gasteiger partial charge in [0.25, 0.3) is 0 Å². The predicted molar refractivity (Wildman–Crippen MR) is 92.6 cm³/mol. The maximum atomic E-state index is 9.05. The highest BCUT2D eigenvalue weighted by atomic mass is 32.2. The van der Waals surface area contributed by atoms with Gasteiger partial charge in [0.1, 0.15) is 12.4 Å². The van der Waals surface area contributed by atoms with Crippen LogP contribution in [-0.2, 0) is 13.7 Å². The molecule has 0 spiro atoms. The monoisotopic (exact) mass is 339 g/mol. The Hall–Kier alpha value is -1.51. The van der Waals surface area contributed by atoms with Crippen LogP contribution in [0.2, 0.25) is 0 Å². The second-order valence-electron chi connectivity index (χ2n) is 5.71. The number of hydrogen-bond donors (Lipinski definition) is 2. The van der Waals surface area contributed by atoms with Crippen LogP contribution in [-0.4, -0.2) is 57.7 Å². The van der Waals surface area contributed by atoms with Crippen LogP contribution in [0.5, 0.6) is 0 Å².